The summed E-state index contributed by atoms with van der Waals surface area (Å²) in [5.41, 5.74) is 0.372. The highest BCUT2D eigenvalue weighted by Crippen LogP contribution is 2.22. The number of hydrogen-bond donors (Lipinski definition) is 1. The highest BCUT2D eigenvalue weighted by molar-refractivity contribution is 7.89. The summed E-state index contributed by atoms with van der Waals surface area (Å²) in [6, 6.07) is 3.41. The quantitative estimate of drug-likeness (QED) is 0.872. The lowest BCUT2D eigenvalue weighted by molar-refractivity contribution is 0.281. The Morgan fingerprint density at radius 3 is 2.58 bits per heavy atom. The van der Waals surface area contributed by atoms with Gasteiger partial charge >= 0.3 is 0 Å². The molecule has 1 aromatic rings. The Morgan fingerprint density at radius 1 is 1.42 bits per heavy atom. The van der Waals surface area contributed by atoms with Crippen molar-refractivity contribution in [3.63, 3.8) is 0 Å². The van der Waals surface area contributed by atoms with E-state index in [1.807, 2.05) is 6.92 Å². The highest BCUT2D eigenvalue weighted by Gasteiger charge is 2.27. The lowest BCUT2D eigenvalue weighted by Gasteiger charge is -2.24. The van der Waals surface area contributed by atoms with E-state index in [2.05, 4.69) is 0 Å². The molecule has 0 heterocycles. The Labute approximate surface area is 113 Å². The first-order chi connectivity index (χ1) is 8.84. The van der Waals surface area contributed by atoms with E-state index in [1.165, 1.54) is 23.5 Å². The highest BCUT2D eigenvalue weighted by atomic mass is 32.2. The first-order valence-electron chi connectivity index (χ1n) is 6.21. The number of aliphatic hydroxyl groups is 1. The zero-order valence-corrected chi connectivity index (χ0v) is 12.2. The van der Waals surface area contributed by atoms with Crippen molar-refractivity contribution in [1.29, 1.82) is 0 Å². The van der Waals surface area contributed by atoms with Crippen molar-refractivity contribution in [2.75, 3.05) is 7.05 Å². The fourth-order valence-electron chi connectivity index (χ4n) is 1.84. The molecule has 1 aromatic carbocycles. The number of halogens is 1. The van der Waals surface area contributed by atoms with Gasteiger partial charge in [0.15, 0.2) is 0 Å². The van der Waals surface area contributed by atoms with E-state index in [9.17, 15) is 12.8 Å². The Kier molecular flexibility index (Phi) is 5.46. The Morgan fingerprint density at radius 2 is 2.05 bits per heavy atom. The summed E-state index contributed by atoms with van der Waals surface area (Å²) in [5.74, 6) is -0.798. The zero-order valence-electron chi connectivity index (χ0n) is 11.4. The van der Waals surface area contributed by atoms with Crippen LogP contribution in [0.15, 0.2) is 23.1 Å². The zero-order chi connectivity index (χ0) is 14.6. The summed E-state index contributed by atoms with van der Waals surface area (Å²) < 4.78 is 39.6. The topological polar surface area (TPSA) is 57.6 Å². The molecule has 0 radical (unpaired) electrons. The van der Waals surface area contributed by atoms with Crippen LogP contribution in [-0.4, -0.2) is 30.9 Å². The number of benzene rings is 1. The second kappa shape index (κ2) is 6.45. The van der Waals surface area contributed by atoms with Gasteiger partial charge in [0.05, 0.1) is 6.61 Å². The Hall–Kier alpha value is -0.980. The van der Waals surface area contributed by atoms with Crippen molar-refractivity contribution < 1.29 is 17.9 Å². The SMILES string of the molecule is CCCC(C)N(C)S(=O)(=O)c1cc(CO)ccc1F. The van der Waals surface area contributed by atoms with Crippen molar-refractivity contribution in [2.45, 2.75) is 44.2 Å². The first kappa shape index (κ1) is 16.1. The Bertz CT molecular complexity index is 531. The average molecular weight is 289 g/mol. The van der Waals surface area contributed by atoms with Crippen molar-refractivity contribution in [3.8, 4) is 0 Å². The molecule has 0 bridgehead atoms. The number of aliphatic hydroxyl groups excluding tert-OH is 1. The fraction of sp³-hybridized carbons (Fsp3) is 0.538. The second-order valence-corrected chi connectivity index (χ2v) is 6.55. The van der Waals surface area contributed by atoms with Gasteiger partial charge in [0.25, 0.3) is 0 Å². The summed E-state index contributed by atoms with van der Waals surface area (Å²) in [6.07, 6.45) is 1.55. The van der Waals surface area contributed by atoms with E-state index in [0.29, 0.717) is 12.0 Å². The normalized spacial score (nSPS) is 13.8. The number of hydrogen-bond acceptors (Lipinski definition) is 3. The monoisotopic (exact) mass is 289 g/mol. The minimum Gasteiger partial charge on any atom is -0.392 e. The molecule has 0 amide bonds. The van der Waals surface area contributed by atoms with E-state index in [1.54, 1.807) is 6.92 Å². The van der Waals surface area contributed by atoms with Crippen molar-refractivity contribution in [1.82, 2.24) is 4.31 Å². The van der Waals surface area contributed by atoms with E-state index in [0.717, 1.165) is 12.5 Å². The molecule has 0 aliphatic heterocycles. The molecular weight excluding hydrogens is 269 g/mol. The van der Waals surface area contributed by atoms with Gasteiger partial charge in [0, 0.05) is 13.1 Å². The van der Waals surface area contributed by atoms with E-state index >= 15 is 0 Å². The maximum absolute atomic E-state index is 13.7. The van der Waals surface area contributed by atoms with Crippen molar-refractivity contribution in [2.24, 2.45) is 0 Å². The van der Waals surface area contributed by atoms with Crippen LogP contribution >= 0.6 is 0 Å². The van der Waals surface area contributed by atoms with E-state index in [4.69, 9.17) is 5.11 Å². The van der Waals surface area contributed by atoms with Gasteiger partial charge in [-0.15, -0.1) is 0 Å². The summed E-state index contributed by atoms with van der Waals surface area (Å²) >= 11 is 0. The predicted octanol–water partition coefficient (Wildman–Crippen LogP) is 2.13. The van der Waals surface area contributed by atoms with Crippen LogP contribution in [0.5, 0.6) is 0 Å². The third-order valence-corrected chi connectivity index (χ3v) is 5.15. The van der Waals surface area contributed by atoms with Crippen LogP contribution in [0.2, 0.25) is 0 Å². The first-order valence-corrected chi connectivity index (χ1v) is 7.66. The van der Waals surface area contributed by atoms with Gasteiger partial charge in [0.1, 0.15) is 10.7 Å². The molecule has 0 spiro atoms. The predicted molar refractivity (Wildman–Crippen MR) is 71.6 cm³/mol. The average Bonchev–Trinajstić information content (AvgIpc) is 2.38. The van der Waals surface area contributed by atoms with Gasteiger partial charge < -0.3 is 5.11 Å². The molecule has 1 N–H and O–H groups in total. The molecular formula is C13H20FNO3S. The number of nitrogens with zero attached hydrogens (tertiary/aromatic N) is 1. The molecule has 0 aliphatic carbocycles. The number of rotatable bonds is 6. The molecule has 1 rings (SSSR count). The fourth-order valence-corrected chi connectivity index (χ4v) is 3.34. The molecule has 6 heteroatoms. The number of sulfonamides is 1. The summed E-state index contributed by atoms with van der Waals surface area (Å²) in [4.78, 5) is -0.385. The van der Waals surface area contributed by atoms with Gasteiger partial charge in [0.2, 0.25) is 10.0 Å². The van der Waals surface area contributed by atoms with Crippen LogP contribution in [0, 0.1) is 5.82 Å². The van der Waals surface area contributed by atoms with Crippen LogP contribution in [0.25, 0.3) is 0 Å². The summed E-state index contributed by atoms with van der Waals surface area (Å²) in [6.45, 7) is 3.43. The summed E-state index contributed by atoms with van der Waals surface area (Å²) in [5, 5.41) is 9.02. The maximum atomic E-state index is 13.7. The lowest BCUT2D eigenvalue weighted by atomic mass is 10.2. The van der Waals surface area contributed by atoms with Gasteiger partial charge in [-0.25, -0.2) is 12.8 Å². The molecule has 4 nitrogen and oxygen atoms in total. The molecule has 0 aliphatic rings. The van der Waals surface area contributed by atoms with Crippen LogP contribution < -0.4 is 0 Å². The third-order valence-electron chi connectivity index (χ3n) is 3.16. The molecule has 1 unspecified atom stereocenters. The van der Waals surface area contributed by atoms with Crippen LogP contribution in [0.4, 0.5) is 4.39 Å². The maximum Gasteiger partial charge on any atom is 0.245 e. The smallest absolute Gasteiger partial charge is 0.245 e. The van der Waals surface area contributed by atoms with Gasteiger partial charge in [-0.3, -0.25) is 0 Å². The van der Waals surface area contributed by atoms with E-state index in [-0.39, 0.29) is 17.5 Å². The van der Waals surface area contributed by atoms with Gasteiger partial charge in [-0.1, -0.05) is 19.4 Å². The molecule has 0 saturated heterocycles. The molecule has 1 atom stereocenters. The summed E-state index contributed by atoms with van der Waals surface area (Å²) in [7, 11) is -2.43. The minimum atomic E-state index is -3.88. The third kappa shape index (κ3) is 3.52. The van der Waals surface area contributed by atoms with E-state index < -0.39 is 15.8 Å². The van der Waals surface area contributed by atoms with Gasteiger partial charge in [-0.05, 0) is 31.0 Å². The van der Waals surface area contributed by atoms with Crippen LogP contribution in [-0.2, 0) is 16.6 Å². The Balaban J connectivity index is 3.19. The molecule has 0 saturated carbocycles. The van der Waals surface area contributed by atoms with Crippen molar-refractivity contribution in [3.05, 3.63) is 29.6 Å². The second-order valence-electron chi connectivity index (χ2n) is 4.58. The largest absolute Gasteiger partial charge is 0.392 e. The molecule has 19 heavy (non-hydrogen) atoms. The standard InChI is InChI=1S/C13H20FNO3S/c1-4-5-10(2)15(3)19(17,18)13-8-11(9-16)6-7-12(13)14/h6-8,10,16H,4-5,9H2,1-3H3. The molecule has 0 aromatic heterocycles. The van der Waals surface area contributed by atoms with Crippen LogP contribution in [0.3, 0.4) is 0 Å². The van der Waals surface area contributed by atoms with Crippen LogP contribution in [0.1, 0.15) is 32.3 Å². The molecule has 108 valence electrons. The lowest BCUT2D eigenvalue weighted by Crippen LogP contribution is -2.35. The minimum absolute atomic E-state index is 0.202. The van der Waals surface area contributed by atoms with Crippen molar-refractivity contribution >= 4 is 10.0 Å². The molecule has 0 fully saturated rings. The van der Waals surface area contributed by atoms with Gasteiger partial charge in [-0.2, -0.15) is 4.31 Å².